The summed E-state index contributed by atoms with van der Waals surface area (Å²) < 4.78 is 6.39. The number of likely N-dealkylation sites (tertiary alicyclic amines) is 1. The van der Waals surface area contributed by atoms with Gasteiger partial charge in [0, 0.05) is 29.6 Å². The summed E-state index contributed by atoms with van der Waals surface area (Å²) >= 11 is 12.8. The van der Waals surface area contributed by atoms with Gasteiger partial charge in [-0.3, -0.25) is 4.79 Å². The molecule has 36 heavy (non-hydrogen) atoms. The van der Waals surface area contributed by atoms with E-state index in [1.54, 1.807) is 6.07 Å². The van der Waals surface area contributed by atoms with Crippen LogP contribution in [0.2, 0.25) is 35.7 Å². The number of benzene rings is 2. The predicted molar refractivity (Wildman–Crippen MR) is 147 cm³/mol. The van der Waals surface area contributed by atoms with Crippen LogP contribution in [0.15, 0.2) is 42.5 Å². The normalized spacial score (nSPS) is 27.9. The fourth-order valence-corrected chi connectivity index (χ4v) is 7.32. The van der Waals surface area contributed by atoms with Gasteiger partial charge >= 0.3 is 5.91 Å². The highest BCUT2D eigenvalue weighted by Gasteiger charge is 2.72. The first-order chi connectivity index (χ1) is 17.1. The Hall–Kier alpha value is -1.70. The number of carbonyl (C=O) groups is 2. The summed E-state index contributed by atoms with van der Waals surface area (Å²) in [4.78, 5) is 28.5. The van der Waals surface area contributed by atoms with Gasteiger partial charge in [0.2, 0.25) is 5.54 Å². The van der Waals surface area contributed by atoms with Gasteiger partial charge in [-0.15, -0.1) is 0 Å². The number of piperidine rings is 1. The van der Waals surface area contributed by atoms with Crippen LogP contribution in [0.3, 0.4) is 0 Å². The number of fused-ring (bicyclic) bond motifs is 2. The van der Waals surface area contributed by atoms with Crippen LogP contribution in [0.5, 0.6) is 0 Å². The van der Waals surface area contributed by atoms with Crippen molar-refractivity contribution in [1.82, 2.24) is 0 Å². The van der Waals surface area contributed by atoms with Gasteiger partial charge in [0.1, 0.15) is 0 Å². The summed E-state index contributed by atoms with van der Waals surface area (Å²) in [5.74, 6) is 0.128. The number of hydrogen-bond donors (Lipinski definition) is 1. The van der Waals surface area contributed by atoms with Gasteiger partial charge in [0.05, 0.1) is 31.2 Å². The summed E-state index contributed by atoms with van der Waals surface area (Å²) in [6, 6.07) is 14.3. The van der Waals surface area contributed by atoms with Gasteiger partial charge < -0.3 is 10.1 Å². The van der Waals surface area contributed by atoms with Gasteiger partial charge in [-0.1, -0.05) is 55.0 Å². The number of ether oxygens (including phenoxy) is 1. The summed E-state index contributed by atoms with van der Waals surface area (Å²) in [6.07, 6.45) is 3.14. The third-order valence-electron chi connectivity index (χ3n) is 8.12. The molecule has 3 atom stereocenters. The fourth-order valence-electron chi connectivity index (χ4n) is 6.19. The molecule has 1 N–H and O–H groups in total. The Kier molecular flexibility index (Phi) is 6.88. The van der Waals surface area contributed by atoms with E-state index < -0.39 is 13.6 Å². The topological polar surface area (TPSA) is 55.4 Å². The van der Waals surface area contributed by atoms with Crippen LogP contribution in [0.4, 0.5) is 5.69 Å². The third-order valence-corrected chi connectivity index (χ3v) is 10.3. The Balaban J connectivity index is 1.69. The van der Waals surface area contributed by atoms with Gasteiger partial charge in [0.15, 0.2) is 6.73 Å². The Bertz CT molecular complexity index is 1200. The van der Waals surface area contributed by atoms with Crippen LogP contribution >= 0.6 is 23.2 Å². The largest absolute Gasteiger partial charge is 0.331 e. The molecule has 0 bridgehead atoms. The first kappa shape index (κ1) is 25.9. The van der Waals surface area contributed by atoms with E-state index in [0.717, 1.165) is 30.0 Å². The highest BCUT2D eigenvalue weighted by atomic mass is 35.5. The maximum Gasteiger partial charge on any atom is 0.316 e. The van der Waals surface area contributed by atoms with Gasteiger partial charge in [0.25, 0.3) is 5.91 Å². The molecule has 2 aromatic carbocycles. The standard InChI is InChI=1S/C28H34Cl2N2O3Si/c1-36(2,3)14-13-35-18-32(17-19-7-8-19)26(33)12-11-23(20-5-4-6-21(29)15-20)28(32)24-10-9-22(30)16-25(24)31-27(28)34/h4-6,9-10,15-16,19,23H,7-8,11-14,17-18H2,1-3H3/p+1/t23-,28+,32?/m1/s1. The second-order valence-electron chi connectivity index (χ2n) is 11.9. The summed E-state index contributed by atoms with van der Waals surface area (Å²) in [7, 11) is -1.32. The van der Waals surface area contributed by atoms with Crippen molar-refractivity contribution in [3.8, 4) is 0 Å². The van der Waals surface area contributed by atoms with E-state index in [1.807, 2.05) is 36.4 Å². The Labute approximate surface area is 224 Å². The van der Waals surface area contributed by atoms with E-state index >= 15 is 0 Å². The van der Waals surface area contributed by atoms with Crippen molar-refractivity contribution in [1.29, 1.82) is 0 Å². The molecule has 0 radical (unpaired) electrons. The minimum atomic E-state index is -1.32. The zero-order valence-electron chi connectivity index (χ0n) is 21.3. The zero-order chi connectivity index (χ0) is 25.7. The van der Waals surface area contributed by atoms with Crippen LogP contribution in [0, 0.1) is 5.92 Å². The average Bonchev–Trinajstić information content (AvgIpc) is 3.57. The Morgan fingerprint density at radius 2 is 1.81 bits per heavy atom. The summed E-state index contributed by atoms with van der Waals surface area (Å²) in [5.41, 5.74) is 1.37. The minimum Gasteiger partial charge on any atom is -0.331 e. The number of nitrogens with zero attached hydrogens (tertiary/aromatic N) is 1. The molecule has 8 heteroatoms. The Morgan fingerprint density at radius 1 is 1.06 bits per heavy atom. The van der Waals surface area contributed by atoms with E-state index in [9.17, 15) is 9.59 Å². The predicted octanol–water partition coefficient (Wildman–Crippen LogP) is 6.78. The van der Waals surface area contributed by atoms with E-state index in [2.05, 4.69) is 25.0 Å². The molecular formula is C28H35Cl2N2O3Si+. The van der Waals surface area contributed by atoms with Gasteiger partial charge in [-0.2, -0.15) is 0 Å². The maximum absolute atomic E-state index is 14.3. The van der Waals surface area contributed by atoms with Gasteiger partial charge in [-0.25, -0.2) is 9.28 Å². The van der Waals surface area contributed by atoms with Crippen molar-refractivity contribution >= 4 is 48.8 Å². The highest BCUT2D eigenvalue weighted by molar-refractivity contribution is 6.76. The molecule has 2 amide bonds. The van der Waals surface area contributed by atoms with Crippen molar-refractivity contribution in [2.24, 2.45) is 5.92 Å². The van der Waals surface area contributed by atoms with Crippen LogP contribution in [-0.2, 0) is 19.9 Å². The van der Waals surface area contributed by atoms with E-state index in [0.29, 0.717) is 47.6 Å². The number of rotatable bonds is 8. The van der Waals surface area contributed by atoms with Crippen molar-refractivity contribution < 1.29 is 18.8 Å². The van der Waals surface area contributed by atoms with Gasteiger partial charge in [-0.05, 0) is 61.2 Å². The first-order valence-corrected chi connectivity index (χ1v) is 17.4. The lowest BCUT2D eigenvalue weighted by Gasteiger charge is -2.54. The number of carbonyl (C=O) groups excluding carboxylic acids is 2. The van der Waals surface area contributed by atoms with Crippen molar-refractivity contribution in [3.63, 3.8) is 0 Å². The molecule has 1 unspecified atom stereocenters. The number of hydrogen-bond acceptors (Lipinski definition) is 3. The molecule has 2 heterocycles. The number of amides is 2. The molecule has 2 aliphatic heterocycles. The summed E-state index contributed by atoms with van der Waals surface area (Å²) in [6.45, 7) is 8.36. The average molecular weight is 547 g/mol. The van der Waals surface area contributed by atoms with E-state index in [4.69, 9.17) is 27.9 Å². The quantitative estimate of drug-likeness (QED) is 0.226. The second-order valence-corrected chi connectivity index (χ2v) is 18.4. The maximum atomic E-state index is 14.3. The zero-order valence-corrected chi connectivity index (χ0v) is 23.8. The molecule has 5 rings (SSSR count). The number of quaternary nitrogens is 1. The third kappa shape index (κ3) is 4.45. The SMILES string of the molecule is C[Si](C)(C)CCOC[N+]1(CC2CC2)C(=O)CC[C@H](c2cccc(Cl)c2)[C@]12C(=O)Nc1cc(Cl)ccc12. The molecule has 5 nitrogen and oxygen atoms in total. The Morgan fingerprint density at radius 3 is 2.50 bits per heavy atom. The molecular weight excluding hydrogens is 511 g/mol. The monoisotopic (exact) mass is 545 g/mol. The molecule has 1 saturated carbocycles. The van der Waals surface area contributed by atoms with Crippen molar-refractivity contribution in [2.75, 3.05) is 25.2 Å². The number of anilines is 1. The second kappa shape index (κ2) is 9.55. The molecule has 1 spiro atoms. The summed E-state index contributed by atoms with van der Waals surface area (Å²) in [5, 5.41) is 4.30. The van der Waals surface area contributed by atoms with E-state index in [1.165, 1.54) is 0 Å². The molecule has 2 fully saturated rings. The molecule has 1 aliphatic carbocycles. The van der Waals surface area contributed by atoms with Crippen molar-refractivity contribution in [2.45, 2.75) is 62.8 Å². The van der Waals surface area contributed by atoms with Crippen LogP contribution in [0.1, 0.15) is 42.7 Å². The highest BCUT2D eigenvalue weighted by Crippen LogP contribution is 2.59. The van der Waals surface area contributed by atoms with Crippen LogP contribution in [-0.4, -0.2) is 44.3 Å². The molecule has 1 saturated heterocycles. The molecule has 192 valence electrons. The minimum absolute atomic E-state index is 0.00100. The lowest BCUT2D eigenvalue weighted by molar-refractivity contribution is -0.928. The smallest absolute Gasteiger partial charge is 0.316 e. The number of halogens is 2. The molecule has 3 aliphatic rings. The fraction of sp³-hybridized carbons (Fsp3) is 0.500. The van der Waals surface area contributed by atoms with Crippen molar-refractivity contribution in [3.05, 3.63) is 63.6 Å². The van der Waals surface area contributed by atoms with E-state index in [-0.39, 0.29) is 28.9 Å². The number of nitrogens with one attached hydrogen (secondary N) is 1. The van der Waals surface area contributed by atoms with Crippen LogP contribution in [0.25, 0.3) is 0 Å². The molecule has 2 aromatic rings. The molecule has 0 aromatic heterocycles. The first-order valence-electron chi connectivity index (χ1n) is 12.9. The lowest BCUT2D eigenvalue weighted by Crippen LogP contribution is -2.73. The van der Waals surface area contributed by atoms with Crippen LogP contribution < -0.4 is 5.32 Å². The lowest BCUT2D eigenvalue weighted by atomic mass is 9.67.